The number of halogens is 9. The smallest absolute Gasteiger partial charge is 0.372 e. The van der Waals surface area contributed by atoms with Crippen molar-refractivity contribution >= 4 is 5.57 Å². The van der Waals surface area contributed by atoms with Gasteiger partial charge < -0.3 is 44.9 Å². The molecule has 0 aliphatic heterocycles. The summed E-state index contributed by atoms with van der Waals surface area (Å²) in [7, 11) is 12.0. The van der Waals surface area contributed by atoms with Crippen molar-refractivity contribution in [1.82, 2.24) is 61.2 Å². The third-order valence-electron chi connectivity index (χ3n) is 14.0. The molecule has 3 aliphatic carbocycles. The van der Waals surface area contributed by atoms with Crippen LogP contribution in [0.3, 0.4) is 0 Å². The Morgan fingerprint density at radius 2 is 0.867 bits per heavy atom. The minimum absolute atomic E-state index is 0.149. The summed E-state index contributed by atoms with van der Waals surface area (Å²) in [5, 5.41) is 31.4. The number of H-pyrrole nitrogens is 3. The van der Waals surface area contributed by atoms with Gasteiger partial charge in [-0.1, -0.05) is 6.08 Å². The van der Waals surface area contributed by atoms with E-state index in [1.165, 1.54) is 28.1 Å². The van der Waals surface area contributed by atoms with Crippen molar-refractivity contribution < 1.29 is 53.7 Å². The number of nitrogens with zero attached hydrogens (tertiary/aromatic N) is 6. The lowest BCUT2D eigenvalue weighted by molar-refractivity contribution is -0.177. The summed E-state index contributed by atoms with van der Waals surface area (Å²) in [6, 6.07) is 0. The Morgan fingerprint density at radius 3 is 1.23 bits per heavy atom. The lowest BCUT2D eigenvalue weighted by atomic mass is 9.80. The first-order valence-electron chi connectivity index (χ1n) is 26.4. The van der Waals surface area contributed by atoms with E-state index in [-0.39, 0.29) is 37.6 Å². The predicted octanol–water partition coefficient (Wildman–Crippen LogP) is 8.65. The van der Waals surface area contributed by atoms with Crippen LogP contribution in [0.4, 0.5) is 39.5 Å². The Labute approximate surface area is 437 Å². The number of hydrogen-bond donors (Lipinski definition) is 6. The summed E-state index contributed by atoms with van der Waals surface area (Å²) in [5.74, 6) is 1.42. The molecule has 3 aromatic rings. The number of aromatic nitrogens is 6. The highest BCUT2D eigenvalue weighted by atomic mass is 19.4. The molecule has 0 saturated heterocycles. The van der Waals surface area contributed by atoms with E-state index in [1.54, 1.807) is 0 Å². The molecule has 0 radical (unpaired) electrons. The molecule has 3 aliphatic rings. The van der Waals surface area contributed by atoms with Crippen molar-refractivity contribution in [3.05, 3.63) is 58.4 Å². The van der Waals surface area contributed by atoms with E-state index in [9.17, 15) is 39.5 Å². The first-order chi connectivity index (χ1) is 35.7. The normalized spacial score (nSPS) is 20.8. The zero-order valence-electron chi connectivity index (χ0n) is 44.9. The van der Waals surface area contributed by atoms with Crippen LogP contribution in [-0.4, -0.2) is 185 Å². The number of nitrogens with one attached hydrogen (secondary N) is 6. The number of allylic oxidation sites excluding steroid dienone is 2. The van der Waals surface area contributed by atoms with Crippen molar-refractivity contribution in [3.8, 4) is 0 Å². The van der Waals surface area contributed by atoms with Gasteiger partial charge in [0.25, 0.3) is 0 Å². The zero-order valence-corrected chi connectivity index (χ0v) is 44.9. The molecule has 3 aromatic heterocycles. The van der Waals surface area contributed by atoms with Crippen molar-refractivity contribution in [2.75, 3.05) is 121 Å². The highest BCUT2D eigenvalue weighted by molar-refractivity contribution is 5.65. The number of likely N-dealkylation sites (N-methyl/N-ethyl adjacent to an activating group) is 6. The summed E-state index contributed by atoms with van der Waals surface area (Å²) < 4.78 is 124. The number of hydrogen-bond acceptors (Lipinski definition) is 12. The van der Waals surface area contributed by atoms with Gasteiger partial charge >= 0.3 is 18.5 Å². The second kappa shape index (κ2) is 33.0. The predicted molar refractivity (Wildman–Crippen MR) is 272 cm³/mol. The molecule has 15 nitrogen and oxygen atoms in total. The molecule has 0 spiro atoms. The zero-order chi connectivity index (χ0) is 54.9. The van der Waals surface area contributed by atoms with Crippen molar-refractivity contribution in [1.29, 1.82) is 0 Å². The standard InChI is InChI=1S/2C17H29F3N4O.C17H27F3N4O/c3*1-21-7-8-24(2)10-15-9-22-23-16(15)14-5-3-13(4-6-14)11-25-12-17(18,19)20/h2*9,13-14,21H,3-8,10-12H2,1-2H3,(H,22,23);5,9,13,21H,3-4,6-8,10-12H2,1-2H3,(H,22,23). The minimum Gasteiger partial charge on any atom is -0.372 e. The van der Waals surface area contributed by atoms with E-state index in [1.807, 2.05) is 39.7 Å². The molecule has 75 heavy (non-hydrogen) atoms. The summed E-state index contributed by atoms with van der Waals surface area (Å²) in [5.41, 5.74) is 8.20. The third-order valence-corrected chi connectivity index (χ3v) is 14.0. The molecular weight excluding hydrogens is 1000 g/mol. The van der Waals surface area contributed by atoms with Crippen LogP contribution < -0.4 is 16.0 Å². The Balaban J connectivity index is 0.000000243. The minimum atomic E-state index is -4.25. The first-order valence-corrected chi connectivity index (χ1v) is 26.4. The summed E-state index contributed by atoms with van der Waals surface area (Å²) in [4.78, 5) is 6.73. The van der Waals surface area contributed by atoms with E-state index < -0.39 is 38.3 Å². The summed E-state index contributed by atoms with van der Waals surface area (Å²) >= 11 is 0. The fourth-order valence-corrected chi connectivity index (χ4v) is 9.85. The number of rotatable bonds is 27. The molecule has 2 fully saturated rings. The molecule has 1 unspecified atom stereocenters. The van der Waals surface area contributed by atoms with Gasteiger partial charge in [0.2, 0.25) is 0 Å². The second-order valence-corrected chi connectivity index (χ2v) is 20.6. The topological polar surface area (TPSA) is 160 Å². The van der Waals surface area contributed by atoms with Gasteiger partial charge in [0, 0.05) is 112 Å². The van der Waals surface area contributed by atoms with Crippen LogP contribution in [0.2, 0.25) is 0 Å². The average Bonchev–Trinajstić information content (AvgIpc) is 4.14. The monoisotopic (exact) mass is 1080 g/mol. The van der Waals surface area contributed by atoms with Crippen molar-refractivity contribution in [3.63, 3.8) is 0 Å². The molecule has 0 aromatic carbocycles. The fraction of sp³-hybridized carbons (Fsp3) is 0.784. The second-order valence-electron chi connectivity index (χ2n) is 20.6. The number of alkyl halides is 9. The largest absolute Gasteiger partial charge is 0.411 e. The van der Waals surface area contributed by atoms with Crippen molar-refractivity contribution in [2.45, 2.75) is 121 Å². The highest BCUT2D eigenvalue weighted by Crippen LogP contribution is 2.38. The summed E-state index contributed by atoms with van der Waals surface area (Å²) in [6.07, 6.45) is 4.89. The Morgan fingerprint density at radius 1 is 0.507 bits per heavy atom. The van der Waals surface area contributed by atoms with Crippen LogP contribution in [-0.2, 0) is 33.8 Å². The van der Waals surface area contributed by atoms with Crippen LogP contribution in [0.5, 0.6) is 0 Å². The average molecular weight is 1090 g/mol. The third kappa shape index (κ3) is 25.6. The van der Waals surface area contributed by atoms with Crippen LogP contribution in [0, 0.1) is 17.8 Å². The SMILES string of the molecule is CNCCN(C)Cc1cn[nH]c1C1=CCC(COCC(F)(F)F)CC1.CNCCN(C)Cc1cn[nH]c1C1CCC(COCC(F)(F)F)CC1.CNCCN(C)Cc1cn[nH]c1C1CCC(COCC(F)(F)F)CC1. The van der Waals surface area contributed by atoms with Gasteiger partial charge in [-0.15, -0.1) is 0 Å². The molecule has 0 bridgehead atoms. The number of ether oxygens (including phenoxy) is 3. The van der Waals surface area contributed by atoms with Crippen LogP contribution in [0.15, 0.2) is 24.7 Å². The molecule has 6 N–H and O–H groups in total. The molecular formula is C51H85F9N12O3. The maximum absolute atomic E-state index is 12.1. The van der Waals surface area contributed by atoms with Gasteiger partial charge in [-0.3, -0.25) is 15.3 Å². The molecule has 2 saturated carbocycles. The van der Waals surface area contributed by atoms with Crippen LogP contribution in [0.1, 0.15) is 116 Å². The molecule has 6 rings (SSSR count). The number of aromatic amines is 3. The van der Waals surface area contributed by atoms with Gasteiger partial charge in [-0.2, -0.15) is 54.8 Å². The summed E-state index contributed by atoms with van der Waals surface area (Å²) in [6.45, 7) is 5.29. The first kappa shape index (κ1) is 63.9. The Bertz CT molecular complexity index is 1900. The van der Waals surface area contributed by atoms with Gasteiger partial charge in [0.1, 0.15) is 19.8 Å². The molecule has 0 amide bonds. The lowest BCUT2D eigenvalue weighted by Gasteiger charge is -2.29. The lowest BCUT2D eigenvalue weighted by Crippen LogP contribution is -2.27. The van der Waals surface area contributed by atoms with Gasteiger partial charge in [0.15, 0.2) is 0 Å². The van der Waals surface area contributed by atoms with Gasteiger partial charge in [0.05, 0.1) is 30.9 Å². The van der Waals surface area contributed by atoms with Crippen LogP contribution in [0.25, 0.3) is 5.57 Å². The van der Waals surface area contributed by atoms with Gasteiger partial charge in [-0.05, 0) is 136 Å². The fourth-order valence-electron chi connectivity index (χ4n) is 9.85. The van der Waals surface area contributed by atoms with E-state index in [4.69, 9.17) is 14.2 Å². The van der Waals surface area contributed by atoms with E-state index in [2.05, 4.69) is 88.5 Å². The Kier molecular flexibility index (Phi) is 28.1. The van der Waals surface area contributed by atoms with Crippen molar-refractivity contribution in [2.24, 2.45) is 17.8 Å². The van der Waals surface area contributed by atoms with Crippen LogP contribution >= 0.6 is 0 Å². The molecule has 3 heterocycles. The maximum atomic E-state index is 12.1. The molecule has 430 valence electrons. The quantitative estimate of drug-likeness (QED) is 0.0405. The molecule has 1 atom stereocenters. The van der Waals surface area contributed by atoms with E-state index in [0.717, 1.165) is 141 Å². The Hall–Kier alpha value is -3.62. The molecule has 24 heteroatoms. The van der Waals surface area contributed by atoms with E-state index >= 15 is 0 Å². The maximum Gasteiger partial charge on any atom is 0.411 e. The van der Waals surface area contributed by atoms with Gasteiger partial charge in [-0.25, -0.2) is 0 Å². The van der Waals surface area contributed by atoms with E-state index in [0.29, 0.717) is 11.8 Å². The highest BCUT2D eigenvalue weighted by Gasteiger charge is 2.32.